The lowest BCUT2D eigenvalue weighted by atomic mass is 10.1. The zero-order chi connectivity index (χ0) is 24.6. The summed E-state index contributed by atoms with van der Waals surface area (Å²) in [6.45, 7) is 5.47. The molecule has 2 rings (SSSR count). The Kier molecular flexibility index (Phi) is 9.91. The van der Waals surface area contributed by atoms with Crippen molar-refractivity contribution in [2.24, 2.45) is 0 Å². The van der Waals surface area contributed by atoms with Crippen LogP contribution in [0.1, 0.15) is 32.8 Å². The van der Waals surface area contributed by atoms with Crippen LogP contribution in [0.5, 0.6) is 0 Å². The van der Waals surface area contributed by atoms with Gasteiger partial charge in [0.25, 0.3) is 0 Å². The van der Waals surface area contributed by atoms with Gasteiger partial charge in [0.2, 0.25) is 21.8 Å². The third-order valence-corrected chi connectivity index (χ3v) is 6.71. The lowest BCUT2D eigenvalue weighted by Crippen LogP contribution is -2.54. The molecule has 0 bridgehead atoms. The van der Waals surface area contributed by atoms with E-state index in [-0.39, 0.29) is 11.9 Å². The van der Waals surface area contributed by atoms with Crippen LogP contribution in [0.15, 0.2) is 59.1 Å². The fraction of sp³-hybridized carbons (Fsp3) is 0.417. The van der Waals surface area contributed by atoms with Gasteiger partial charge in [-0.15, -0.1) is 0 Å². The number of carbonyl (C=O) groups excluding carboxylic acids is 2. The molecule has 2 amide bonds. The number of anilines is 1. The van der Waals surface area contributed by atoms with E-state index >= 15 is 0 Å². The summed E-state index contributed by atoms with van der Waals surface area (Å²) in [6.07, 6.45) is 2.03. The molecule has 0 aliphatic carbocycles. The first-order valence-electron chi connectivity index (χ1n) is 10.9. The number of benzene rings is 2. The average Bonchev–Trinajstić information content (AvgIpc) is 2.74. The second-order valence-corrected chi connectivity index (χ2v) is 11.0. The number of nitrogens with zero attached hydrogens (tertiary/aromatic N) is 2. The summed E-state index contributed by atoms with van der Waals surface area (Å²) in [5.41, 5.74) is 1.41. The van der Waals surface area contributed by atoms with Gasteiger partial charge in [-0.3, -0.25) is 13.9 Å². The summed E-state index contributed by atoms with van der Waals surface area (Å²) in [6, 6.07) is 15.7. The van der Waals surface area contributed by atoms with E-state index in [4.69, 9.17) is 0 Å². The van der Waals surface area contributed by atoms with E-state index in [2.05, 4.69) is 21.2 Å². The predicted octanol–water partition coefficient (Wildman–Crippen LogP) is 3.59. The van der Waals surface area contributed by atoms with E-state index in [0.717, 1.165) is 16.1 Å². The van der Waals surface area contributed by atoms with Gasteiger partial charge in [0.05, 0.1) is 11.9 Å². The predicted molar refractivity (Wildman–Crippen MR) is 136 cm³/mol. The van der Waals surface area contributed by atoms with Crippen molar-refractivity contribution in [3.05, 3.63) is 64.6 Å². The average molecular weight is 539 g/mol. The first-order valence-corrected chi connectivity index (χ1v) is 13.5. The topological polar surface area (TPSA) is 86.8 Å². The molecule has 9 heteroatoms. The lowest BCUT2D eigenvalue weighted by Gasteiger charge is -2.33. The van der Waals surface area contributed by atoms with Crippen molar-refractivity contribution in [3.63, 3.8) is 0 Å². The molecule has 1 unspecified atom stereocenters. The van der Waals surface area contributed by atoms with E-state index in [1.165, 1.54) is 4.90 Å². The number of sulfonamides is 1. The molecule has 0 saturated heterocycles. The quantitative estimate of drug-likeness (QED) is 0.474. The minimum Gasteiger partial charge on any atom is -0.352 e. The van der Waals surface area contributed by atoms with E-state index in [1.807, 2.05) is 51.1 Å². The largest absolute Gasteiger partial charge is 0.352 e. The van der Waals surface area contributed by atoms with Gasteiger partial charge in [-0.1, -0.05) is 59.3 Å². The van der Waals surface area contributed by atoms with E-state index in [1.54, 1.807) is 24.3 Å². The highest BCUT2D eigenvalue weighted by atomic mass is 79.9. The third kappa shape index (κ3) is 8.16. The highest BCUT2D eigenvalue weighted by Gasteiger charge is 2.31. The molecule has 0 aromatic heterocycles. The molecule has 0 aliphatic heterocycles. The molecule has 0 heterocycles. The Morgan fingerprint density at radius 2 is 1.73 bits per heavy atom. The summed E-state index contributed by atoms with van der Waals surface area (Å²) in [5.74, 6) is -0.677. The molecule has 0 radical (unpaired) electrons. The van der Waals surface area contributed by atoms with Crippen LogP contribution >= 0.6 is 15.9 Å². The SMILES string of the molecule is CCC(C(=O)NC(C)C)N(CCc1ccccc1)C(=O)CN(c1cccc(Br)c1)S(C)(=O)=O. The van der Waals surface area contributed by atoms with Crippen molar-refractivity contribution in [2.75, 3.05) is 23.7 Å². The van der Waals surface area contributed by atoms with Gasteiger partial charge in [-0.05, 0) is 50.5 Å². The number of halogens is 1. The van der Waals surface area contributed by atoms with Crippen molar-refractivity contribution >= 4 is 43.5 Å². The first kappa shape index (κ1) is 26.9. The van der Waals surface area contributed by atoms with Gasteiger partial charge in [-0.25, -0.2) is 8.42 Å². The van der Waals surface area contributed by atoms with E-state index in [9.17, 15) is 18.0 Å². The molecule has 0 spiro atoms. The van der Waals surface area contributed by atoms with Gasteiger partial charge < -0.3 is 10.2 Å². The summed E-state index contributed by atoms with van der Waals surface area (Å²) in [4.78, 5) is 27.9. The normalized spacial score (nSPS) is 12.3. The molecule has 7 nitrogen and oxygen atoms in total. The summed E-state index contributed by atoms with van der Waals surface area (Å²) < 4.78 is 26.9. The van der Waals surface area contributed by atoms with Crippen molar-refractivity contribution in [3.8, 4) is 0 Å². The summed E-state index contributed by atoms with van der Waals surface area (Å²) in [5, 5.41) is 2.88. The van der Waals surface area contributed by atoms with Gasteiger partial charge in [-0.2, -0.15) is 0 Å². The van der Waals surface area contributed by atoms with Crippen LogP contribution in [0, 0.1) is 0 Å². The Labute approximate surface area is 205 Å². The van der Waals surface area contributed by atoms with Crippen LogP contribution in [0.2, 0.25) is 0 Å². The van der Waals surface area contributed by atoms with Crippen LogP contribution in [0.3, 0.4) is 0 Å². The van der Waals surface area contributed by atoms with Crippen LogP contribution in [-0.2, 0) is 26.0 Å². The fourth-order valence-corrected chi connectivity index (χ4v) is 4.75. The molecule has 33 heavy (non-hydrogen) atoms. The van der Waals surface area contributed by atoms with E-state index in [0.29, 0.717) is 29.5 Å². The van der Waals surface area contributed by atoms with Crippen LogP contribution in [0.4, 0.5) is 5.69 Å². The fourth-order valence-electron chi connectivity index (χ4n) is 3.52. The van der Waals surface area contributed by atoms with Crippen LogP contribution < -0.4 is 9.62 Å². The monoisotopic (exact) mass is 537 g/mol. The van der Waals surface area contributed by atoms with Gasteiger partial charge in [0, 0.05) is 17.1 Å². The van der Waals surface area contributed by atoms with Crippen LogP contribution in [-0.4, -0.2) is 56.6 Å². The van der Waals surface area contributed by atoms with Crippen molar-refractivity contribution in [1.29, 1.82) is 0 Å². The maximum atomic E-state index is 13.5. The Morgan fingerprint density at radius 3 is 2.27 bits per heavy atom. The van der Waals surface area contributed by atoms with Gasteiger partial charge in [0.1, 0.15) is 12.6 Å². The molecule has 0 fully saturated rings. The summed E-state index contributed by atoms with van der Waals surface area (Å²) >= 11 is 3.35. The number of hydrogen-bond donors (Lipinski definition) is 1. The molecule has 0 saturated carbocycles. The third-order valence-electron chi connectivity index (χ3n) is 5.08. The molecular weight excluding hydrogens is 506 g/mol. The molecule has 1 N–H and O–H groups in total. The maximum Gasteiger partial charge on any atom is 0.244 e. The Balaban J connectivity index is 2.36. The number of nitrogens with one attached hydrogen (secondary N) is 1. The molecule has 2 aromatic rings. The lowest BCUT2D eigenvalue weighted by molar-refractivity contribution is -0.139. The zero-order valence-electron chi connectivity index (χ0n) is 19.5. The van der Waals surface area contributed by atoms with Crippen molar-refractivity contribution < 1.29 is 18.0 Å². The van der Waals surface area contributed by atoms with Crippen molar-refractivity contribution in [1.82, 2.24) is 10.2 Å². The minimum atomic E-state index is -3.74. The number of carbonyl (C=O) groups is 2. The van der Waals surface area contributed by atoms with Crippen molar-refractivity contribution in [2.45, 2.75) is 45.7 Å². The smallest absolute Gasteiger partial charge is 0.244 e. The Bertz CT molecular complexity index is 1040. The zero-order valence-corrected chi connectivity index (χ0v) is 21.9. The molecular formula is C24H32BrN3O4S. The Hall–Kier alpha value is -2.39. The molecule has 1 atom stereocenters. The highest BCUT2D eigenvalue weighted by Crippen LogP contribution is 2.23. The highest BCUT2D eigenvalue weighted by molar-refractivity contribution is 9.10. The first-order chi connectivity index (χ1) is 15.5. The number of amides is 2. The number of rotatable bonds is 11. The molecule has 2 aromatic carbocycles. The molecule has 0 aliphatic rings. The summed E-state index contributed by atoms with van der Waals surface area (Å²) in [7, 11) is -3.74. The second kappa shape index (κ2) is 12.2. The van der Waals surface area contributed by atoms with E-state index < -0.39 is 28.5 Å². The number of hydrogen-bond acceptors (Lipinski definition) is 4. The van der Waals surface area contributed by atoms with Crippen LogP contribution in [0.25, 0.3) is 0 Å². The minimum absolute atomic E-state index is 0.0770. The Morgan fingerprint density at radius 1 is 1.06 bits per heavy atom. The maximum absolute atomic E-state index is 13.5. The standard InChI is InChI=1S/C24H32BrN3O4S/c1-5-22(24(30)26-18(2)3)27(15-14-19-10-7-6-8-11-19)23(29)17-28(33(4,31)32)21-13-9-12-20(25)16-21/h6-13,16,18,22H,5,14-15,17H2,1-4H3,(H,26,30). The second-order valence-electron chi connectivity index (χ2n) is 8.16. The van der Waals surface area contributed by atoms with Gasteiger partial charge in [0.15, 0.2) is 0 Å². The van der Waals surface area contributed by atoms with Gasteiger partial charge >= 0.3 is 0 Å². The molecule has 180 valence electrons.